The minimum absolute atomic E-state index is 0.0420. The van der Waals surface area contributed by atoms with Gasteiger partial charge in [-0.25, -0.2) is 0 Å². The van der Waals surface area contributed by atoms with Crippen LogP contribution in [-0.2, 0) is 17.6 Å². The molecule has 0 bridgehead atoms. The molecule has 0 heterocycles. The van der Waals surface area contributed by atoms with Gasteiger partial charge in [0.2, 0.25) is 0 Å². The highest BCUT2D eigenvalue weighted by Crippen LogP contribution is 2.34. The molecule has 0 spiro atoms. The minimum atomic E-state index is -0.884. The maximum Gasteiger partial charge on any atom is 0.307 e. The number of halogens is 1. The summed E-state index contributed by atoms with van der Waals surface area (Å²) in [6.45, 7) is 4.43. The predicted octanol–water partition coefficient (Wildman–Crippen LogP) is 6.17. The number of phenolic OH excluding ortho intramolecular Hbond substituents is 1. The third-order valence-electron chi connectivity index (χ3n) is 4.67. The van der Waals surface area contributed by atoms with Crippen molar-refractivity contribution in [3.63, 3.8) is 0 Å². The first kappa shape index (κ1) is 25.1. The average Bonchev–Trinajstić information content (AvgIpc) is 2.71. The first-order valence-electron chi connectivity index (χ1n) is 10.5. The fourth-order valence-corrected chi connectivity index (χ4v) is 4.41. The van der Waals surface area contributed by atoms with Crippen molar-refractivity contribution >= 4 is 35.1 Å². The van der Waals surface area contributed by atoms with Crippen LogP contribution in [0.5, 0.6) is 11.5 Å². The zero-order valence-corrected chi connectivity index (χ0v) is 19.5. The number of aliphatic carboxylic acids is 1. The summed E-state index contributed by atoms with van der Waals surface area (Å²) in [6.07, 6.45) is 3.35. The van der Waals surface area contributed by atoms with Crippen molar-refractivity contribution in [3.05, 3.63) is 52.0 Å². The van der Waals surface area contributed by atoms with Crippen molar-refractivity contribution in [1.29, 1.82) is 0 Å². The van der Waals surface area contributed by atoms with Gasteiger partial charge in [0.05, 0.1) is 23.6 Å². The SMILES string of the molecule is CCCC(=O)c1ccc(OCCCSc2ccc(CC(=O)O)cc2Cl)c(CCC)c1O. The molecule has 2 N–H and O–H groups in total. The van der Waals surface area contributed by atoms with E-state index in [4.69, 9.17) is 21.4 Å². The van der Waals surface area contributed by atoms with E-state index in [1.165, 1.54) is 0 Å². The summed E-state index contributed by atoms with van der Waals surface area (Å²) >= 11 is 7.84. The Bertz CT molecular complexity index is 913. The van der Waals surface area contributed by atoms with Gasteiger partial charge >= 0.3 is 5.97 Å². The molecule has 0 unspecified atom stereocenters. The molecule has 0 saturated heterocycles. The zero-order chi connectivity index (χ0) is 22.8. The summed E-state index contributed by atoms with van der Waals surface area (Å²) in [5, 5.41) is 20.0. The Kier molecular flexibility index (Phi) is 10.2. The largest absolute Gasteiger partial charge is 0.507 e. The van der Waals surface area contributed by atoms with E-state index < -0.39 is 5.97 Å². The number of ketones is 1. The van der Waals surface area contributed by atoms with Gasteiger partial charge in [-0.05, 0) is 49.1 Å². The lowest BCUT2D eigenvalue weighted by Crippen LogP contribution is -2.05. The molecule has 0 atom stereocenters. The molecule has 0 aliphatic heterocycles. The lowest BCUT2D eigenvalue weighted by Gasteiger charge is -2.15. The van der Waals surface area contributed by atoms with Crippen molar-refractivity contribution < 1.29 is 24.5 Å². The Morgan fingerprint density at radius 1 is 1.13 bits per heavy atom. The van der Waals surface area contributed by atoms with Crippen LogP contribution < -0.4 is 4.74 Å². The van der Waals surface area contributed by atoms with Gasteiger partial charge in [-0.15, -0.1) is 11.8 Å². The molecule has 0 aromatic heterocycles. The number of carbonyl (C=O) groups excluding carboxylic acids is 1. The normalized spacial score (nSPS) is 10.8. The highest BCUT2D eigenvalue weighted by molar-refractivity contribution is 7.99. The highest BCUT2D eigenvalue weighted by Gasteiger charge is 2.17. The van der Waals surface area contributed by atoms with Gasteiger partial charge in [0.15, 0.2) is 5.78 Å². The standard InChI is InChI=1S/C24H29ClO5S/c1-3-6-18-21(10-9-17(24(18)29)20(26)7-4-2)30-12-5-13-31-22-11-8-16(14-19(22)25)15-23(27)28/h8-11,14,29H,3-7,12-13,15H2,1-2H3,(H,27,28). The van der Waals surface area contributed by atoms with Gasteiger partial charge in [-0.3, -0.25) is 9.59 Å². The van der Waals surface area contributed by atoms with E-state index in [0.29, 0.717) is 46.9 Å². The molecule has 2 rings (SSSR count). The van der Waals surface area contributed by atoms with Crippen molar-refractivity contribution in [2.75, 3.05) is 12.4 Å². The lowest BCUT2D eigenvalue weighted by molar-refractivity contribution is -0.136. The topological polar surface area (TPSA) is 83.8 Å². The molecule has 0 aliphatic carbocycles. The van der Waals surface area contributed by atoms with Gasteiger partial charge in [0.25, 0.3) is 0 Å². The summed E-state index contributed by atoms with van der Waals surface area (Å²) < 4.78 is 5.91. The number of benzene rings is 2. The van der Waals surface area contributed by atoms with Crippen LogP contribution in [0.15, 0.2) is 35.2 Å². The van der Waals surface area contributed by atoms with E-state index in [9.17, 15) is 14.7 Å². The number of hydrogen-bond acceptors (Lipinski definition) is 5. The van der Waals surface area contributed by atoms with E-state index in [0.717, 1.165) is 29.9 Å². The van der Waals surface area contributed by atoms with Crippen LogP contribution in [0.25, 0.3) is 0 Å². The van der Waals surface area contributed by atoms with Gasteiger partial charge in [0, 0.05) is 22.6 Å². The Morgan fingerprint density at radius 2 is 1.90 bits per heavy atom. The van der Waals surface area contributed by atoms with E-state index in [1.807, 2.05) is 19.9 Å². The number of ether oxygens (including phenoxy) is 1. The fourth-order valence-electron chi connectivity index (χ4n) is 3.20. The van der Waals surface area contributed by atoms with Gasteiger partial charge in [0.1, 0.15) is 11.5 Å². The molecule has 31 heavy (non-hydrogen) atoms. The van der Waals surface area contributed by atoms with Crippen molar-refractivity contribution in [2.24, 2.45) is 0 Å². The summed E-state index contributed by atoms with van der Waals surface area (Å²) in [5.74, 6) is 0.505. The van der Waals surface area contributed by atoms with Crippen molar-refractivity contribution in [3.8, 4) is 11.5 Å². The monoisotopic (exact) mass is 464 g/mol. The minimum Gasteiger partial charge on any atom is -0.507 e. The number of carbonyl (C=O) groups is 2. The van der Waals surface area contributed by atoms with Gasteiger partial charge in [-0.2, -0.15) is 0 Å². The number of aromatic hydroxyl groups is 1. The third-order valence-corrected chi connectivity index (χ3v) is 6.26. The van der Waals surface area contributed by atoms with E-state index in [2.05, 4.69) is 0 Å². The highest BCUT2D eigenvalue weighted by atomic mass is 35.5. The van der Waals surface area contributed by atoms with Crippen molar-refractivity contribution in [1.82, 2.24) is 0 Å². The van der Waals surface area contributed by atoms with Crippen LogP contribution in [0.2, 0.25) is 5.02 Å². The molecule has 0 amide bonds. The van der Waals surface area contributed by atoms with Crippen LogP contribution in [0.1, 0.15) is 61.0 Å². The fraction of sp³-hybridized carbons (Fsp3) is 0.417. The van der Waals surface area contributed by atoms with Crippen LogP contribution in [0, 0.1) is 0 Å². The summed E-state index contributed by atoms with van der Waals surface area (Å²) in [6, 6.07) is 8.74. The Balaban J connectivity index is 1.92. The number of hydrogen-bond donors (Lipinski definition) is 2. The predicted molar refractivity (Wildman–Crippen MR) is 125 cm³/mol. The zero-order valence-electron chi connectivity index (χ0n) is 17.9. The second-order valence-corrected chi connectivity index (χ2v) is 8.79. The van der Waals surface area contributed by atoms with Crippen LogP contribution >= 0.6 is 23.4 Å². The smallest absolute Gasteiger partial charge is 0.307 e. The van der Waals surface area contributed by atoms with E-state index in [-0.39, 0.29) is 18.0 Å². The Labute approximate surface area is 192 Å². The number of thioether (sulfide) groups is 1. The first-order valence-corrected chi connectivity index (χ1v) is 11.9. The van der Waals surface area contributed by atoms with Gasteiger partial charge in [-0.1, -0.05) is 37.9 Å². The second kappa shape index (κ2) is 12.6. The quantitative estimate of drug-likeness (QED) is 0.209. The number of carboxylic acid groups (broad SMARTS) is 1. The Morgan fingerprint density at radius 3 is 2.55 bits per heavy atom. The molecule has 5 nitrogen and oxygen atoms in total. The molecule has 0 fully saturated rings. The molecule has 7 heteroatoms. The molecule has 2 aromatic rings. The molecule has 0 radical (unpaired) electrons. The number of phenols is 1. The molecule has 2 aromatic carbocycles. The lowest BCUT2D eigenvalue weighted by atomic mass is 9.99. The molecule has 168 valence electrons. The summed E-state index contributed by atoms with van der Waals surface area (Å²) in [7, 11) is 0. The van der Waals surface area contributed by atoms with Gasteiger partial charge < -0.3 is 14.9 Å². The second-order valence-electron chi connectivity index (χ2n) is 7.25. The first-order chi connectivity index (χ1) is 14.9. The molecule has 0 saturated carbocycles. The van der Waals surface area contributed by atoms with Crippen LogP contribution in [0.4, 0.5) is 0 Å². The number of carboxylic acids is 1. The van der Waals surface area contributed by atoms with E-state index in [1.54, 1.807) is 36.0 Å². The molecule has 0 aliphatic rings. The summed E-state index contributed by atoms with van der Waals surface area (Å²) in [4.78, 5) is 23.9. The molecular formula is C24H29ClO5S. The third kappa shape index (κ3) is 7.47. The van der Waals surface area contributed by atoms with Crippen molar-refractivity contribution in [2.45, 2.75) is 57.3 Å². The maximum atomic E-state index is 12.2. The number of Topliss-reactive ketones (excluding diaryl/α,β-unsaturated/α-hetero) is 1. The van der Waals surface area contributed by atoms with E-state index >= 15 is 0 Å². The summed E-state index contributed by atoms with van der Waals surface area (Å²) in [5.41, 5.74) is 1.73. The molecular weight excluding hydrogens is 436 g/mol. The van der Waals surface area contributed by atoms with Crippen LogP contribution in [-0.4, -0.2) is 34.3 Å². The van der Waals surface area contributed by atoms with Crippen LogP contribution in [0.3, 0.4) is 0 Å². The average molecular weight is 465 g/mol. The number of rotatable bonds is 13. The Hall–Kier alpha value is -2.18. The maximum absolute atomic E-state index is 12.2.